The normalized spacial score (nSPS) is 14.2. The predicted molar refractivity (Wildman–Crippen MR) is 89.9 cm³/mol. The molecule has 1 aliphatic carbocycles. The lowest BCUT2D eigenvalue weighted by molar-refractivity contribution is 0.251. The number of nitrogens with zero attached hydrogens (tertiary/aromatic N) is 1. The van der Waals surface area contributed by atoms with E-state index in [1.165, 1.54) is 12.1 Å². The number of carbonyl (C=O) groups excluding carboxylic acids is 1. The first-order valence-corrected chi connectivity index (χ1v) is 9.07. The zero-order valence-corrected chi connectivity index (χ0v) is 13.7. The second kappa shape index (κ2) is 6.98. The third kappa shape index (κ3) is 4.53. The maximum absolute atomic E-state index is 12.1. The van der Waals surface area contributed by atoms with E-state index in [1.54, 1.807) is 30.6 Å². The van der Waals surface area contributed by atoms with Crippen molar-refractivity contribution in [3.05, 3.63) is 54.4 Å². The Morgan fingerprint density at radius 2 is 1.92 bits per heavy atom. The van der Waals surface area contributed by atoms with Crippen LogP contribution in [0, 0.1) is 0 Å². The van der Waals surface area contributed by atoms with Crippen molar-refractivity contribution in [1.82, 2.24) is 15.0 Å². The van der Waals surface area contributed by atoms with Gasteiger partial charge in [-0.15, -0.1) is 0 Å². The minimum atomic E-state index is -3.47. The molecular weight excluding hydrogens is 328 g/mol. The SMILES string of the molecule is O=C(NCc1cccnc1)Nc1ccc(S(=O)(=O)NC2CC2)cc1. The minimum Gasteiger partial charge on any atom is -0.334 e. The van der Waals surface area contributed by atoms with Gasteiger partial charge in [0.05, 0.1) is 4.90 Å². The van der Waals surface area contributed by atoms with Crippen LogP contribution in [0.5, 0.6) is 0 Å². The van der Waals surface area contributed by atoms with Crippen molar-refractivity contribution < 1.29 is 13.2 Å². The Balaban J connectivity index is 1.54. The summed E-state index contributed by atoms with van der Waals surface area (Å²) in [5.74, 6) is 0. The fourth-order valence-electron chi connectivity index (χ4n) is 2.07. The third-order valence-corrected chi connectivity index (χ3v) is 5.03. The number of carbonyl (C=O) groups is 1. The molecule has 1 saturated carbocycles. The topological polar surface area (TPSA) is 100 Å². The monoisotopic (exact) mass is 346 g/mol. The zero-order valence-electron chi connectivity index (χ0n) is 12.9. The highest BCUT2D eigenvalue weighted by molar-refractivity contribution is 7.89. The number of pyridine rings is 1. The summed E-state index contributed by atoms with van der Waals surface area (Å²) in [6, 6.07) is 9.42. The van der Waals surface area contributed by atoms with Gasteiger partial charge in [-0.05, 0) is 48.7 Å². The van der Waals surface area contributed by atoms with Crippen LogP contribution in [-0.4, -0.2) is 25.5 Å². The highest BCUT2D eigenvalue weighted by Crippen LogP contribution is 2.22. The van der Waals surface area contributed by atoms with Gasteiger partial charge in [0, 0.05) is 30.7 Å². The summed E-state index contributed by atoms with van der Waals surface area (Å²) < 4.78 is 26.7. The molecule has 7 nitrogen and oxygen atoms in total. The molecule has 24 heavy (non-hydrogen) atoms. The Hall–Kier alpha value is -2.45. The molecule has 1 aromatic heterocycles. The molecule has 0 bridgehead atoms. The van der Waals surface area contributed by atoms with E-state index in [4.69, 9.17) is 0 Å². The molecule has 2 aromatic rings. The van der Waals surface area contributed by atoms with Crippen molar-refractivity contribution in [3.8, 4) is 0 Å². The summed E-state index contributed by atoms with van der Waals surface area (Å²) >= 11 is 0. The molecule has 0 unspecified atom stereocenters. The van der Waals surface area contributed by atoms with Gasteiger partial charge in [0.2, 0.25) is 10.0 Å². The van der Waals surface area contributed by atoms with Gasteiger partial charge in [0.15, 0.2) is 0 Å². The molecule has 1 heterocycles. The summed E-state index contributed by atoms with van der Waals surface area (Å²) in [6.07, 6.45) is 5.11. The molecule has 1 aromatic carbocycles. The van der Waals surface area contributed by atoms with Gasteiger partial charge < -0.3 is 10.6 Å². The Bertz CT molecular complexity index is 803. The number of hydrogen-bond donors (Lipinski definition) is 3. The average Bonchev–Trinajstić information content (AvgIpc) is 3.38. The van der Waals surface area contributed by atoms with Crippen molar-refractivity contribution in [2.45, 2.75) is 30.3 Å². The van der Waals surface area contributed by atoms with Crippen LogP contribution in [0.1, 0.15) is 18.4 Å². The molecule has 3 rings (SSSR count). The molecule has 0 spiro atoms. The van der Waals surface area contributed by atoms with E-state index in [0.717, 1.165) is 18.4 Å². The number of anilines is 1. The van der Waals surface area contributed by atoms with Gasteiger partial charge in [0.1, 0.15) is 0 Å². The van der Waals surface area contributed by atoms with Gasteiger partial charge in [0.25, 0.3) is 0 Å². The number of amides is 2. The van der Waals surface area contributed by atoms with E-state index < -0.39 is 10.0 Å². The highest BCUT2D eigenvalue weighted by atomic mass is 32.2. The minimum absolute atomic E-state index is 0.0612. The van der Waals surface area contributed by atoms with Crippen molar-refractivity contribution in [3.63, 3.8) is 0 Å². The number of hydrogen-bond acceptors (Lipinski definition) is 4. The third-order valence-electron chi connectivity index (χ3n) is 3.50. The van der Waals surface area contributed by atoms with E-state index in [-0.39, 0.29) is 17.0 Å². The molecule has 1 fully saturated rings. The lowest BCUT2D eigenvalue weighted by atomic mass is 10.3. The standard InChI is InChI=1S/C16H18N4O3S/c21-16(18-11-12-2-1-9-17-10-12)19-13-5-7-15(8-6-13)24(22,23)20-14-3-4-14/h1-2,5-10,14,20H,3-4,11H2,(H2,18,19,21). The smallest absolute Gasteiger partial charge is 0.319 e. The summed E-state index contributed by atoms with van der Waals surface area (Å²) in [6.45, 7) is 0.359. The Morgan fingerprint density at radius 3 is 2.54 bits per heavy atom. The number of benzene rings is 1. The number of nitrogens with one attached hydrogen (secondary N) is 3. The maximum atomic E-state index is 12.1. The number of urea groups is 1. The van der Waals surface area contributed by atoms with Crippen LogP contribution in [0.4, 0.5) is 10.5 Å². The van der Waals surface area contributed by atoms with Crippen LogP contribution in [-0.2, 0) is 16.6 Å². The fraction of sp³-hybridized carbons (Fsp3) is 0.250. The lowest BCUT2D eigenvalue weighted by Gasteiger charge is -2.09. The summed E-state index contributed by atoms with van der Waals surface area (Å²) in [5.41, 5.74) is 1.41. The van der Waals surface area contributed by atoms with Crippen LogP contribution in [0.2, 0.25) is 0 Å². The molecule has 0 atom stereocenters. The lowest BCUT2D eigenvalue weighted by Crippen LogP contribution is -2.28. The van der Waals surface area contributed by atoms with E-state index in [2.05, 4.69) is 20.3 Å². The van der Waals surface area contributed by atoms with Gasteiger partial charge in [-0.1, -0.05) is 6.07 Å². The molecule has 0 radical (unpaired) electrons. The molecule has 1 aliphatic rings. The van der Waals surface area contributed by atoms with Crippen LogP contribution in [0.15, 0.2) is 53.7 Å². The molecule has 0 saturated heterocycles. The highest BCUT2D eigenvalue weighted by Gasteiger charge is 2.27. The van der Waals surface area contributed by atoms with Gasteiger partial charge >= 0.3 is 6.03 Å². The first-order valence-electron chi connectivity index (χ1n) is 7.59. The van der Waals surface area contributed by atoms with E-state index in [9.17, 15) is 13.2 Å². The molecule has 3 N–H and O–H groups in total. The van der Waals surface area contributed by atoms with Gasteiger partial charge in [-0.2, -0.15) is 0 Å². The Morgan fingerprint density at radius 1 is 1.17 bits per heavy atom. The van der Waals surface area contributed by atoms with E-state index in [1.807, 2.05) is 6.07 Å². The van der Waals surface area contributed by atoms with Gasteiger partial charge in [-0.3, -0.25) is 4.98 Å². The summed E-state index contributed by atoms with van der Waals surface area (Å²) in [5, 5.41) is 5.36. The maximum Gasteiger partial charge on any atom is 0.319 e. The second-order valence-corrected chi connectivity index (χ2v) is 7.30. The molecule has 8 heteroatoms. The molecule has 0 aliphatic heterocycles. The van der Waals surface area contributed by atoms with E-state index >= 15 is 0 Å². The predicted octanol–water partition coefficient (Wildman–Crippen LogP) is 1.84. The van der Waals surface area contributed by atoms with Crippen molar-refractivity contribution in [1.29, 1.82) is 0 Å². The first kappa shape index (κ1) is 16.4. The van der Waals surface area contributed by atoms with Crippen molar-refractivity contribution in [2.24, 2.45) is 0 Å². The second-order valence-electron chi connectivity index (χ2n) is 5.59. The van der Waals surface area contributed by atoms with E-state index in [0.29, 0.717) is 12.2 Å². The quantitative estimate of drug-likeness (QED) is 0.743. The fourth-order valence-corrected chi connectivity index (χ4v) is 3.37. The number of aromatic nitrogens is 1. The summed E-state index contributed by atoms with van der Waals surface area (Å²) in [7, 11) is -3.47. The molecular formula is C16H18N4O3S. The summed E-state index contributed by atoms with van der Waals surface area (Å²) in [4.78, 5) is 16.0. The Kier molecular flexibility index (Phi) is 4.77. The average molecular weight is 346 g/mol. The van der Waals surface area contributed by atoms with Gasteiger partial charge in [-0.25, -0.2) is 17.9 Å². The molecule has 2 amide bonds. The Labute approximate surface area is 140 Å². The van der Waals surface area contributed by atoms with Crippen LogP contribution >= 0.6 is 0 Å². The zero-order chi connectivity index (χ0) is 17.0. The van der Waals surface area contributed by atoms with Crippen LogP contribution in [0.25, 0.3) is 0 Å². The van der Waals surface area contributed by atoms with Crippen LogP contribution < -0.4 is 15.4 Å². The number of rotatable bonds is 6. The van der Waals surface area contributed by atoms with Crippen LogP contribution in [0.3, 0.4) is 0 Å². The number of sulfonamides is 1. The molecule has 126 valence electrons. The largest absolute Gasteiger partial charge is 0.334 e. The van der Waals surface area contributed by atoms with Crippen molar-refractivity contribution in [2.75, 3.05) is 5.32 Å². The first-order chi connectivity index (χ1) is 11.5. The van der Waals surface area contributed by atoms with Crippen molar-refractivity contribution >= 4 is 21.7 Å².